The van der Waals surface area contributed by atoms with Gasteiger partial charge in [-0.25, -0.2) is 0 Å². The van der Waals surface area contributed by atoms with E-state index in [1.165, 1.54) is 6.92 Å². The van der Waals surface area contributed by atoms with Crippen molar-refractivity contribution in [3.63, 3.8) is 0 Å². The number of rotatable bonds is 5. The van der Waals surface area contributed by atoms with Crippen molar-refractivity contribution in [2.24, 2.45) is 0 Å². The largest absolute Gasteiger partial charge is 0.464 e. The number of hydrogen-bond donors (Lipinski definition) is 1. The van der Waals surface area contributed by atoms with Gasteiger partial charge in [0.05, 0.1) is 13.2 Å². The van der Waals surface area contributed by atoms with Crippen molar-refractivity contribution in [1.82, 2.24) is 10.2 Å². The Labute approximate surface area is 153 Å². The minimum absolute atomic E-state index is 0.0274. The highest BCUT2D eigenvalue weighted by atomic mass is 32.1. The topological polar surface area (TPSA) is 67.9 Å². The van der Waals surface area contributed by atoms with Gasteiger partial charge in [0.25, 0.3) is 0 Å². The molecule has 25 heavy (non-hydrogen) atoms. The molecule has 0 bridgehead atoms. The number of amides is 1. The molecule has 136 valence electrons. The molecule has 1 aromatic rings. The van der Waals surface area contributed by atoms with Crippen LogP contribution < -0.4 is 5.32 Å². The van der Waals surface area contributed by atoms with E-state index in [9.17, 15) is 9.59 Å². The zero-order valence-electron chi connectivity index (χ0n) is 14.6. The predicted octanol–water partition coefficient (Wildman–Crippen LogP) is 1.63. The van der Waals surface area contributed by atoms with E-state index in [2.05, 4.69) is 5.32 Å². The molecule has 7 heteroatoms. The first kappa shape index (κ1) is 19.3. The Morgan fingerprint density at radius 2 is 1.92 bits per heavy atom. The fourth-order valence-corrected chi connectivity index (χ4v) is 3.07. The molecule has 1 aromatic carbocycles. The first-order chi connectivity index (χ1) is 12.0. The summed E-state index contributed by atoms with van der Waals surface area (Å²) in [6.45, 7) is 5.67. The summed E-state index contributed by atoms with van der Waals surface area (Å²) in [5, 5.41) is 3.21. The maximum Gasteiger partial charge on any atom is 0.302 e. The molecular formula is C18H24N2O4S. The number of ether oxygens (including phenoxy) is 2. The number of hydrogen-bond acceptors (Lipinski definition) is 5. The zero-order chi connectivity index (χ0) is 18.3. The monoisotopic (exact) mass is 364 g/mol. The molecule has 2 rings (SSSR count). The normalized spacial score (nSPS) is 16.6. The number of nitrogens with zero attached hydrogens (tertiary/aromatic N) is 1. The third-order valence-electron chi connectivity index (χ3n) is 4.41. The second kappa shape index (κ2) is 8.92. The third kappa shape index (κ3) is 4.76. The molecule has 1 aliphatic heterocycles. The van der Waals surface area contributed by atoms with Crippen molar-refractivity contribution in [3.8, 4) is 0 Å². The summed E-state index contributed by atoms with van der Waals surface area (Å²) in [5.41, 5.74) is -0.190. The van der Waals surface area contributed by atoms with E-state index in [0.717, 1.165) is 5.56 Å². The summed E-state index contributed by atoms with van der Waals surface area (Å²) in [7, 11) is 0. The highest BCUT2D eigenvalue weighted by molar-refractivity contribution is 7.80. The minimum Gasteiger partial charge on any atom is -0.464 e. The van der Waals surface area contributed by atoms with Crippen LogP contribution in [0.5, 0.6) is 0 Å². The van der Waals surface area contributed by atoms with Crippen LogP contribution in [-0.2, 0) is 24.5 Å². The molecule has 1 amide bonds. The van der Waals surface area contributed by atoms with E-state index in [0.29, 0.717) is 37.8 Å². The quantitative estimate of drug-likeness (QED) is 0.633. The molecule has 1 aliphatic rings. The van der Waals surface area contributed by atoms with Gasteiger partial charge in [-0.05, 0) is 24.2 Å². The third-order valence-corrected chi connectivity index (χ3v) is 4.77. The molecule has 0 radical (unpaired) electrons. The number of carbonyl (C=O) groups is 2. The maximum atomic E-state index is 13.1. The van der Waals surface area contributed by atoms with Crippen LogP contribution in [0.15, 0.2) is 30.3 Å². The van der Waals surface area contributed by atoms with Gasteiger partial charge in [-0.15, -0.1) is 0 Å². The molecule has 1 fully saturated rings. The molecule has 0 aromatic heterocycles. The summed E-state index contributed by atoms with van der Waals surface area (Å²) < 4.78 is 10.5. The van der Waals surface area contributed by atoms with Crippen LogP contribution in [-0.4, -0.2) is 54.8 Å². The Balaban J connectivity index is 2.22. The summed E-state index contributed by atoms with van der Waals surface area (Å²) in [4.78, 5) is 26.4. The fourth-order valence-electron chi connectivity index (χ4n) is 2.79. The van der Waals surface area contributed by atoms with Crippen LogP contribution in [0.1, 0.15) is 25.8 Å². The molecule has 1 heterocycles. The van der Waals surface area contributed by atoms with Gasteiger partial charge in [0, 0.05) is 20.0 Å². The van der Waals surface area contributed by atoms with Gasteiger partial charge >= 0.3 is 5.97 Å². The molecule has 1 saturated heterocycles. The molecule has 6 nitrogen and oxygen atoms in total. The number of morpholine rings is 1. The molecule has 0 aliphatic carbocycles. The number of esters is 1. The lowest BCUT2D eigenvalue weighted by Gasteiger charge is -2.34. The van der Waals surface area contributed by atoms with Crippen molar-refractivity contribution in [2.45, 2.75) is 25.7 Å². The van der Waals surface area contributed by atoms with E-state index in [1.807, 2.05) is 42.2 Å². The minimum atomic E-state index is -0.983. The zero-order valence-corrected chi connectivity index (χ0v) is 15.4. The average Bonchev–Trinajstić information content (AvgIpc) is 2.64. The van der Waals surface area contributed by atoms with E-state index in [4.69, 9.17) is 21.7 Å². The lowest BCUT2D eigenvalue weighted by molar-refractivity contribution is -0.145. The van der Waals surface area contributed by atoms with E-state index in [-0.39, 0.29) is 12.5 Å². The van der Waals surface area contributed by atoms with Gasteiger partial charge in [0.1, 0.15) is 12.0 Å². The Morgan fingerprint density at radius 3 is 2.48 bits per heavy atom. The second-order valence-corrected chi connectivity index (χ2v) is 6.33. The Bertz CT molecular complexity index is 617. The van der Waals surface area contributed by atoms with E-state index >= 15 is 0 Å². The smallest absolute Gasteiger partial charge is 0.302 e. The highest BCUT2D eigenvalue weighted by Crippen LogP contribution is 2.29. The van der Waals surface area contributed by atoms with Gasteiger partial charge < -0.3 is 19.7 Å². The van der Waals surface area contributed by atoms with Gasteiger partial charge in [-0.1, -0.05) is 37.3 Å². The van der Waals surface area contributed by atoms with Crippen LogP contribution in [0.4, 0.5) is 0 Å². The number of carbonyl (C=O) groups excluding carboxylic acids is 2. The van der Waals surface area contributed by atoms with Crippen molar-refractivity contribution in [2.75, 3.05) is 32.9 Å². The summed E-state index contributed by atoms with van der Waals surface area (Å²) in [6.07, 6.45) is 0.474. The maximum absolute atomic E-state index is 13.1. The first-order valence-corrected chi connectivity index (χ1v) is 8.77. The molecule has 1 N–H and O–H groups in total. The van der Waals surface area contributed by atoms with Gasteiger partial charge in [0.15, 0.2) is 5.11 Å². The predicted molar refractivity (Wildman–Crippen MR) is 98.2 cm³/mol. The SMILES string of the molecule is CC[C@@](COC(C)=O)(C(=O)NC(=S)N1CCOCC1)c1ccccc1. The number of nitrogens with one attached hydrogen (secondary N) is 1. The molecular weight excluding hydrogens is 340 g/mol. The van der Waals surface area contributed by atoms with Crippen LogP contribution in [0, 0.1) is 0 Å². The first-order valence-electron chi connectivity index (χ1n) is 8.36. The Morgan fingerprint density at radius 1 is 1.28 bits per heavy atom. The summed E-state index contributed by atoms with van der Waals surface area (Å²) >= 11 is 5.38. The van der Waals surface area contributed by atoms with E-state index in [1.54, 1.807) is 0 Å². The number of benzene rings is 1. The van der Waals surface area contributed by atoms with Crippen LogP contribution >= 0.6 is 12.2 Å². The second-order valence-electron chi connectivity index (χ2n) is 5.94. The standard InChI is InChI=1S/C18H24N2O4S/c1-3-18(13-24-14(2)21,15-7-5-4-6-8-15)16(22)19-17(25)20-9-11-23-12-10-20/h4-8H,3,9-13H2,1-2H3,(H,19,22,25)/t18-/m0/s1. The molecule has 0 unspecified atom stereocenters. The molecule has 1 atom stereocenters. The number of thiocarbonyl (C=S) groups is 1. The van der Waals surface area contributed by atoms with Crippen molar-refractivity contribution < 1.29 is 19.1 Å². The Hall–Kier alpha value is -1.99. The van der Waals surface area contributed by atoms with Crippen molar-refractivity contribution >= 4 is 29.2 Å². The van der Waals surface area contributed by atoms with Gasteiger partial charge in [-0.2, -0.15) is 0 Å². The van der Waals surface area contributed by atoms with Crippen molar-refractivity contribution in [1.29, 1.82) is 0 Å². The highest BCUT2D eigenvalue weighted by Gasteiger charge is 2.40. The fraction of sp³-hybridized carbons (Fsp3) is 0.500. The van der Waals surface area contributed by atoms with Crippen molar-refractivity contribution in [3.05, 3.63) is 35.9 Å². The lowest BCUT2D eigenvalue weighted by atomic mass is 9.78. The average molecular weight is 364 g/mol. The lowest BCUT2D eigenvalue weighted by Crippen LogP contribution is -2.54. The van der Waals surface area contributed by atoms with Gasteiger partial charge in [0.2, 0.25) is 5.91 Å². The Kier molecular flexibility index (Phi) is 6.90. The molecule has 0 saturated carbocycles. The molecule has 0 spiro atoms. The van der Waals surface area contributed by atoms with Gasteiger partial charge in [-0.3, -0.25) is 9.59 Å². The van der Waals surface area contributed by atoms with E-state index < -0.39 is 11.4 Å². The van der Waals surface area contributed by atoms with Crippen LogP contribution in [0.2, 0.25) is 0 Å². The summed E-state index contributed by atoms with van der Waals surface area (Å²) in [5.74, 6) is -0.684. The van der Waals surface area contributed by atoms with Crippen LogP contribution in [0.25, 0.3) is 0 Å². The summed E-state index contributed by atoms with van der Waals surface area (Å²) in [6, 6.07) is 9.34. The van der Waals surface area contributed by atoms with Crippen LogP contribution in [0.3, 0.4) is 0 Å².